The third-order valence-corrected chi connectivity index (χ3v) is 4.19. The van der Waals surface area contributed by atoms with Gasteiger partial charge in [0.05, 0.1) is 35.2 Å². The largest absolute Gasteiger partial charge is 0.416 e. The molecule has 0 aliphatic carbocycles. The Labute approximate surface area is 165 Å². The molecule has 0 aliphatic rings. The minimum atomic E-state index is -5.00. The molecule has 12 heteroatoms. The summed E-state index contributed by atoms with van der Waals surface area (Å²) in [6.45, 7) is 1.35. The van der Waals surface area contributed by atoms with Gasteiger partial charge in [0, 0.05) is 18.6 Å². The lowest BCUT2D eigenvalue weighted by Gasteiger charge is -2.20. The number of nitrogens with zero attached hydrogens (tertiary/aromatic N) is 4. The lowest BCUT2D eigenvalue weighted by atomic mass is 9.98. The zero-order valence-electron chi connectivity index (χ0n) is 15.2. The summed E-state index contributed by atoms with van der Waals surface area (Å²) < 4.78 is 79.8. The fraction of sp³-hybridized carbons (Fsp3) is 0.222. The summed E-state index contributed by atoms with van der Waals surface area (Å²) in [7, 11) is 0. The van der Waals surface area contributed by atoms with Crippen LogP contribution in [0.4, 0.5) is 32.0 Å². The molecule has 158 valence electrons. The second-order valence-corrected chi connectivity index (χ2v) is 6.23. The zero-order valence-corrected chi connectivity index (χ0v) is 15.2. The molecule has 1 N–H and O–H groups in total. The molecule has 0 radical (unpaired) electrons. The quantitative estimate of drug-likeness (QED) is 0.617. The predicted molar refractivity (Wildman–Crippen MR) is 92.5 cm³/mol. The van der Waals surface area contributed by atoms with Gasteiger partial charge in [0.2, 0.25) is 0 Å². The first-order valence-electron chi connectivity index (χ1n) is 8.36. The lowest BCUT2D eigenvalue weighted by Crippen LogP contribution is -2.18. The molecule has 1 atom stereocenters. The van der Waals surface area contributed by atoms with Crippen LogP contribution < -0.4 is 5.32 Å². The van der Waals surface area contributed by atoms with Crippen molar-refractivity contribution in [2.75, 3.05) is 5.32 Å². The summed E-state index contributed by atoms with van der Waals surface area (Å²) in [6.07, 6.45) is -3.55. The van der Waals surface area contributed by atoms with Crippen molar-refractivity contribution in [2.45, 2.75) is 25.3 Å². The Kier molecular flexibility index (Phi) is 5.51. The summed E-state index contributed by atoms with van der Waals surface area (Å²) in [5.74, 6) is -0.610. The van der Waals surface area contributed by atoms with Crippen molar-refractivity contribution in [1.29, 1.82) is 0 Å². The molecule has 1 aromatic carbocycles. The molecule has 6 nitrogen and oxygen atoms in total. The smallest absolute Gasteiger partial charge is 0.318 e. The highest BCUT2D eigenvalue weighted by molar-refractivity contribution is 6.02. The molecule has 0 fully saturated rings. The number of nitrogens with one attached hydrogen (secondary N) is 1. The van der Waals surface area contributed by atoms with E-state index >= 15 is 0 Å². The van der Waals surface area contributed by atoms with Crippen LogP contribution >= 0.6 is 0 Å². The summed E-state index contributed by atoms with van der Waals surface area (Å²) in [5, 5.41) is 6.37. The number of hydrogen-bond donors (Lipinski definition) is 1. The van der Waals surface area contributed by atoms with E-state index in [-0.39, 0.29) is 17.4 Å². The molecular weight excluding hydrogens is 416 g/mol. The number of halogens is 6. The van der Waals surface area contributed by atoms with Crippen LogP contribution in [-0.4, -0.2) is 25.7 Å². The summed E-state index contributed by atoms with van der Waals surface area (Å²) >= 11 is 0. The maximum Gasteiger partial charge on any atom is 0.416 e. The van der Waals surface area contributed by atoms with E-state index in [1.807, 2.05) is 0 Å². The molecule has 0 aliphatic heterocycles. The van der Waals surface area contributed by atoms with E-state index in [1.165, 1.54) is 37.9 Å². The van der Waals surface area contributed by atoms with Gasteiger partial charge in [-0.2, -0.15) is 31.4 Å². The molecular formula is C18H13F6N5O. The van der Waals surface area contributed by atoms with Crippen molar-refractivity contribution < 1.29 is 31.1 Å². The predicted octanol–water partition coefficient (Wildman–Crippen LogP) is 4.57. The highest BCUT2D eigenvalue weighted by atomic mass is 19.4. The monoisotopic (exact) mass is 429 g/mol. The van der Waals surface area contributed by atoms with Gasteiger partial charge in [-0.05, 0) is 24.6 Å². The third-order valence-electron chi connectivity index (χ3n) is 4.19. The topological polar surface area (TPSA) is 72.7 Å². The average Bonchev–Trinajstić information content (AvgIpc) is 3.14. The molecule has 0 bridgehead atoms. The highest BCUT2D eigenvalue weighted by Crippen LogP contribution is 2.39. The molecule has 30 heavy (non-hydrogen) atoms. The maximum absolute atomic E-state index is 13.4. The summed E-state index contributed by atoms with van der Waals surface area (Å²) in [6, 6.07) is 0.370. The number of alkyl halides is 6. The summed E-state index contributed by atoms with van der Waals surface area (Å²) in [5.41, 5.74) is -3.03. The second kappa shape index (κ2) is 7.76. The second-order valence-electron chi connectivity index (χ2n) is 6.23. The van der Waals surface area contributed by atoms with Gasteiger partial charge in [-0.3, -0.25) is 14.5 Å². The van der Waals surface area contributed by atoms with E-state index in [9.17, 15) is 31.1 Å². The van der Waals surface area contributed by atoms with Gasteiger partial charge in [-0.1, -0.05) is 6.07 Å². The van der Waals surface area contributed by atoms with E-state index in [0.717, 1.165) is 10.7 Å². The first kappa shape index (κ1) is 21.3. The van der Waals surface area contributed by atoms with Crippen molar-refractivity contribution in [2.24, 2.45) is 0 Å². The molecule has 2 heterocycles. The van der Waals surface area contributed by atoms with Crippen molar-refractivity contribution >= 4 is 11.6 Å². The van der Waals surface area contributed by atoms with Crippen LogP contribution in [-0.2, 0) is 12.4 Å². The number of carbonyl (C=O) groups is 1. The van der Waals surface area contributed by atoms with E-state index < -0.39 is 41.0 Å². The Balaban J connectivity index is 1.88. The van der Waals surface area contributed by atoms with Gasteiger partial charge in [0.25, 0.3) is 5.91 Å². The molecule has 0 saturated carbocycles. The molecule has 2 aromatic heterocycles. The first-order chi connectivity index (χ1) is 14.0. The molecule has 0 saturated heterocycles. The third kappa shape index (κ3) is 4.58. The van der Waals surface area contributed by atoms with Crippen molar-refractivity contribution in [3.05, 3.63) is 71.6 Å². The van der Waals surface area contributed by atoms with Crippen molar-refractivity contribution in [1.82, 2.24) is 19.7 Å². The van der Waals surface area contributed by atoms with Gasteiger partial charge in [-0.15, -0.1) is 0 Å². The van der Waals surface area contributed by atoms with Crippen LogP contribution in [0.1, 0.15) is 40.1 Å². The Bertz CT molecular complexity index is 1050. The molecule has 1 amide bonds. The number of anilines is 1. The fourth-order valence-electron chi connectivity index (χ4n) is 2.71. The van der Waals surface area contributed by atoms with Gasteiger partial charge in [0.1, 0.15) is 5.69 Å². The Morgan fingerprint density at radius 3 is 2.40 bits per heavy atom. The van der Waals surface area contributed by atoms with Crippen molar-refractivity contribution in [3.8, 4) is 0 Å². The minimum Gasteiger partial charge on any atom is -0.318 e. The fourth-order valence-corrected chi connectivity index (χ4v) is 2.71. The molecule has 3 rings (SSSR count). The van der Waals surface area contributed by atoms with E-state index in [2.05, 4.69) is 20.4 Å². The van der Waals surface area contributed by atoms with Gasteiger partial charge < -0.3 is 5.32 Å². The number of carbonyl (C=O) groups excluding carboxylic acids is 1. The molecule has 0 spiro atoms. The van der Waals surface area contributed by atoms with Crippen LogP contribution in [0.2, 0.25) is 0 Å². The first-order valence-corrected chi connectivity index (χ1v) is 8.36. The number of aromatic nitrogens is 4. The zero-order chi connectivity index (χ0) is 22.1. The molecule has 3 aromatic rings. The SMILES string of the molecule is C[C@@H](c1ccc(C(F)(F)F)cc1C(F)(F)F)n1cc(NC(=O)c2cnccn2)cn1. The minimum absolute atomic E-state index is 0.0143. The number of rotatable bonds is 4. The number of amides is 1. The van der Waals surface area contributed by atoms with Crippen LogP contribution in [0.5, 0.6) is 0 Å². The van der Waals surface area contributed by atoms with Gasteiger partial charge in [0.15, 0.2) is 0 Å². The lowest BCUT2D eigenvalue weighted by molar-refractivity contribution is -0.143. The Morgan fingerprint density at radius 1 is 1.07 bits per heavy atom. The van der Waals surface area contributed by atoms with E-state index in [0.29, 0.717) is 6.07 Å². The summed E-state index contributed by atoms with van der Waals surface area (Å²) in [4.78, 5) is 19.6. The van der Waals surface area contributed by atoms with Gasteiger partial charge >= 0.3 is 12.4 Å². The van der Waals surface area contributed by atoms with Crippen LogP contribution in [0.3, 0.4) is 0 Å². The normalized spacial score (nSPS) is 13.2. The van der Waals surface area contributed by atoms with Crippen LogP contribution in [0.25, 0.3) is 0 Å². The highest BCUT2D eigenvalue weighted by Gasteiger charge is 2.39. The van der Waals surface area contributed by atoms with Gasteiger partial charge in [-0.25, -0.2) is 4.98 Å². The van der Waals surface area contributed by atoms with E-state index in [4.69, 9.17) is 0 Å². The van der Waals surface area contributed by atoms with Crippen molar-refractivity contribution in [3.63, 3.8) is 0 Å². The van der Waals surface area contributed by atoms with Crippen LogP contribution in [0.15, 0.2) is 49.2 Å². The molecule has 0 unspecified atom stereocenters. The number of benzene rings is 1. The Hall–Kier alpha value is -3.44. The number of hydrogen-bond acceptors (Lipinski definition) is 4. The Morgan fingerprint density at radius 2 is 1.80 bits per heavy atom. The maximum atomic E-state index is 13.4. The average molecular weight is 429 g/mol. The standard InChI is InChI=1S/C18H13F6N5O/c1-10(13-3-2-11(17(19,20)21)6-14(13)18(22,23)24)29-9-12(7-27-29)28-16(30)15-8-25-4-5-26-15/h2-10H,1H3,(H,28,30)/t10-/m0/s1. The van der Waals surface area contributed by atoms with E-state index in [1.54, 1.807) is 0 Å². The van der Waals surface area contributed by atoms with Crippen LogP contribution in [0, 0.1) is 0 Å².